The van der Waals surface area contributed by atoms with Crippen molar-refractivity contribution in [1.29, 1.82) is 5.26 Å². The summed E-state index contributed by atoms with van der Waals surface area (Å²) in [6.45, 7) is 4.60. The fourth-order valence-corrected chi connectivity index (χ4v) is 6.08. The summed E-state index contributed by atoms with van der Waals surface area (Å²) in [4.78, 5) is 17.9. The third kappa shape index (κ3) is 6.23. The maximum Gasteiger partial charge on any atom is 0.241 e. The summed E-state index contributed by atoms with van der Waals surface area (Å²) in [5.74, 6) is 0.617. The molecule has 2 unspecified atom stereocenters. The zero-order chi connectivity index (χ0) is 25.8. The lowest BCUT2D eigenvalue weighted by Gasteiger charge is -2.38. The average Bonchev–Trinajstić information content (AvgIpc) is 3.76. The molecule has 3 N–H and O–H groups in total. The van der Waals surface area contributed by atoms with E-state index in [-0.39, 0.29) is 5.91 Å². The Hall–Kier alpha value is -2.72. The van der Waals surface area contributed by atoms with Crippen LogP contribution in [0.3, 0.4) is 0 Å². The van der Waals surface area contributed by atoms with Crippen molar-refractivity contribution < 1.29 is 4.79 Å². The Labute approximate surface area is 221 Å². The number of piperazine rings is 1. The largest absolute Gasteiger partial charge is 0.338 e. The Balaban J connectivity index is 1.21. The van der Waals surface area contributed by atoms with E-state index >= 15 is 0 Å². The summed E-state index contributed by atoms with van der Waals surface area (Å²) in [5.41, 5.74) is 10.4. The number of nitrogens with two attached hydrogens (primary N) is 1. The molecule has 1 aliphatic heterocycles. The predicted octanol–water partition coefficient (Wildman–Crippen LogP) is 4.26. The predicted molar refractivity (Wildman–Crippen MR) is 148 cm³/mol. The number of amides is 1. The second kappa shape index (κ2) is 11.3. The number of rotatable bonds is 8. The molecule has 2 atom stereocenters. The van der Waals surface area contributed by atoms with Crippen LogP contribution in [0.4, 0.5) is 0 Å². The molecule has 1 heterocycles. The molecule has 0 radical (unpaired) electrons. The molecular weight excluding hydrogens is 458 g/mol. The summed E-state index contributed by atoms with van der Waals surface area (Å²) in [6.07, 6.45) is 7.63. The number of benzene rings is 2. The molecule has 0 spiro atoms. The highest BCUT2D eigenvalue weighted by Gasteiger charge is 2.37. The van der Waals surface area contributed by atoms with E-state index in [9.17, 15) is 10.1 Å². The van der Waals surface area contributed by atoms with Crippen LogP contribution in [0.25, 0.3) is 11.1 Å². The van der Waals surface area contributed by atoms with Gasteiger partial charge in [0.2, 0.25) is 5.91 Å². The topological polar surface area (TPSA) is 85.4 Å². The molecule has 2 aliphatic carbocycles. The molecule has 2 aromatic rings. The van der Waals surface area contributed by atoms with Crippen LogP contribution in [0.15, 0.2) is 48.5 Å². The minimum absolute atomic E-state index is 0.184. The average molecular weight is 500 g/mol. The molecule has 2 saturated carbocycles. The van der Waals surface area contributed by atoms with Gasteiger partial charge in [-0.05, 0) is 60.9 Å². The van der Waals surface area contributed by atoms with Gasteiger partial charge in [-0.3, -0.25) is 9.69 Å². The highest BCUT2D eigenvalue weighted by atomic mass is 16.2. The highest BCUT2D eigenvalue weighted by Crippen LogP contribution is 2.45. The molecule has 3 fully saturated rings. The normalized spacial score (nSPS) is 22.1. The lowest BCUT2D eigenvalue weighted by atomic mass is 9.81. The molecule has 0 aromatic heterocycles. The van der Waals surface area contributed by atoms with Gasteiger partial charge < -0.3 is 16.0 Å². The first-order valence-corrected chi connectivity index (χ1v) is 14.1. The number of nitriles is 1. The second-order valence-corrected chi connectivity index (χ2v) is 11.5. The minimum atomic E-state index is -0.827. The van der Waals surface area contributed by atoms with Crippen molar-refractivity contribution in [3.05, 3.63) is 59.7 Å². The lowest BCUT2D eigenvalue weighted by molar-refractivity contribution is -0.127. The standard InChI is InChI=1S/C31H41N5O/c1-35-17-19-36(20-18-35)29(27-13-14-27)26-11-9-25(10-12-26)24-7-5-23(6-8-24)21-28(22-32)34-30(37)31(33)15-3-2-4-16-31/h5-12,27-29H,2-4,13-21,33H2,1H3,(H,34,37). The summed E-state index contributed by atoms with van der Waals surface area (Å²) in [7, 11) is 2.22. The molecule has 6 nitrogen and oxygen atoms in total. The Morgan fingerprint density at radius 2 is 1.59 bits per heavy atom. The van der Waals surface area contributed by atoms with Crippen molar-refractivity contribution in [2.24, 2.45) is 11.7 Å². The number of hydrogen-bond acceptors (Lipinski definition) is 5. The molecule has 0 bridgehead atoms. The van der Waals surface area contributed by atoms with Crippen LogP contribution < -0.4 is 11.1 Å². The quantitative estimate of drug-likeness (QED) is 0.567. The molecule has 1 amide bonds. The zero-order valence-corrected chi connectivity index (χ0v) is 22.2. The third-order valence-corrected chi connectivity index (χ3v) is 8.64. The molecule has 37 heavy (non-hydrogen) atoms. The Kier molecular flexibility index (Phi) is 7.95. The first-order valence-electron chi connectivity index (χ1n) is 14.1. The molecule has 1 saturated heterocycles. The van der Waals surface area contributed by atoms with E-state index in [0.29, 0.717) is 25.3 Å². The van der Waals surface area contributed by atoms with E-state index in [1.165, 1.54) is 29.5 Å². The van der Waals surface area contributed by atoms with Gasteiger partial charge in [-0.25, -0.2) is 0 Å². The highest BCUT2D eigenvalue weighted by molar-refractivity contribution is 5.86. The van der Waals surface area contributed by atoms with Crippen LogP contribution in [0.5, 0.6) is 0 Å². The molecule has 196 valence electrons. The number of carbonyl (C=O) groups excluding carboxylic acids is 1. The monoisotopic (exact) mass is 499 g/mol. The molecule has 2 aromatic carbocycles. The van der Waals surface area contributed by atoms with E-state index in [0.717, 1.165) is 56.9 Å². The van der Waals surface area contributed by atoms with Gasteiger partial charge in [-0.2, -0.15) is 5.26 Å². The smallest absolute Gasteiger partial charge is 0.241 e. The van der Waals surface area contributed by atoms with E-state index in [2.05, 4.69) is 76.8 Å². The first-order chi connectivity index (χ1) is 17.9. The van der Waals surface area contributed by atoms with Gasteiger partial charge in [-0.1, -0.05) is 67.8 Å². The SMILES string of the molecule is CN1CCN(C(c2ccc(-c3ccc(CC(C#N)NC(=O)C4(N)CCCCC4)cc3)cc2)C2CC2)CC1. The van der Waals surface area contributed by atoms with Gasteiger partial charge in [0.05, 0.1) is 11.6 Å². The van der Waals surface area contributed by atoms with Crippen molar-refractivity contribution in [1.82, 2.24) is 15.1 Å². The Morgan fingerprint density at radius 1 is 1.00 bits per heavy atom. The van der Waals surface area contributed by atoms with Gasteiger partial charge in [0.1, 0.15) is 6.04 Å². The second-order valence-electron chi connectivity index (χ2n) is 11.5. The van der Waals surface area contributed by atoms with Crippen molar-refractivity contribution in [3.63, 3.8) is 0 Å². The first kappa shape index (κ1) is 25.9. The third-order valence-electron chi connectivity index (χ3n) is 8.64. The van der Waals surface area contributed by atoms with Crippen LogP contribution in [-0.2, 0) is 11.2 Å². The van der Waals surface area contributed by atoms with Crippen LogP contribution in [0, 0.1) is 17.2 Å². The minimum Gasteiger partial charge on any atom is -0.338 e. The van der Waals surface area contributed by atoms with Crippen molar-refractivity contribution in [3.8, 4) is 17.2 Å². The van der Waals surface area contributed by atoms with Crippen molar-refractivity contribution in [2.45, 2.75) is 69.0 Å². The number of nitrogens with zero attached hydrogens (tertiary/aromatic N) is 3. The Bertz CT molecular complexity index is 1090. The van der Waals surface area contributed by atoms with Gasteiger partial charge in [-0.15, -0.1) is 0 Å². The Morgan fingerprint density at radius 3 is 2.16 bits per heavy atom. The summed E-state index contributed by atoms with van der Waals surface area (Å²) in [6, 6.07) is 19.7. The molecule has 3 aliphatic rings. The molecule has 6 heteroatoms. The van der Waals surface area contributed by atoms with E-state index in [1.54, 1.807) is 0 Å². The summed E-state index contributed by atoms with van der Waals surface area (Å²) in [5, 5.41) is 12.6. The van der Waals surface area contributed by atoms with E-state index in [4.69, 9.17) is 5.73 Å². The fourth-order valence-electron chi connectivity index (χ4n) is 6.08. The summed E-state index contributed by atoms with van der Waals surface area (Å²) < 4.78 is 0. The van der Waals surface area contributed by atoms with Crippen LogP contribution >= 0.6 is 0 Å². The van der Waals surface area contributed by atoms with Crippen LogP contribution in [-0.4, -0.2) is 60.5 Å². The molecule has 5 rings (SSSR count). The van der Waals surface area contributed by atoms with Crippen molar-refractivity contribution in [2.75, 3.05) is 33.2 Å². The van der Waals surface area contributed by atoms with Crippen molar-refractivity contribution >= 4 is 5.91 Å². The maximum atomic E-state index is 12.8. The van der Waals surface area contributed by atoms with Gasteiger partial charge >= 0.3 is 0 Å². The number of carbonyl (C=O) groups is 1. The summed E-state index contributed by atoms with van der Waals surface area (Å²) >= 11 is 0. The van der Waals surface area contributed by atoms with Gasteiger partial charge in [0.15, 0.2) is 0 Å². The van der Waals surface area contributed by atoms with Gasteiger partial charge in [0.25, 0.3) is 0 Å². The van der Waals surface area contributed by atoms with E-state index < -0.39 is 11.6 Å². The number of nitrogens with one attached hydrogen (secondary N) is 1. The zero-order valence-electron chi connectivity index (χ0n) is 22.2. The fraction of sp³-hybridized carbons (Fsp3) is 0.548. The van der Waals surface area contributed by atoms with Gasteiger partial charge in [0, 0.05) is 38.6 Å². The maximum absolute atomic E-state index is 12.8. The lowest BCUT2D eigenvalue weighted by Crippen LogP contribution is -2.57. The van der Waals surface area contributed by atoms with E-state index in [1.807, 2.05) is 0 Å². The van der Waals surface area contributed by atoms with Crippen LogP contribution in [0.2, 0.25) is 0 Å². The number of likely N-dealkylation sites (N-methyl/N-ethyl adjacent to an activating group) is 1. The molecular formula is C31H41N5O. The van der Waals surface area contributed by atoms with Crippen LogP contribution in [0.1, 0.15) is 62.1 Å². The number of hydrogen-bond donors (Lipinski definition) is 2.